The Kier molecular flexibility index (Phi) is 4.17. The van der Waals surface area contributed by atoms with Crippen molar-refractivity contribution < 1.29 is 28.0 Å². The van der Waals surface area contributed by atoms with Crippen molar-refractivity contribution in [1.82, 2.24) is 9.97 Å². The van der Waals surface area contributed by atoms with Crippen LogP contribution in [0.2, 0.25) is 0 Å². The summed E-state index contributed by atoms with van der Waals surface area (Å²) >= 11 is 0.380. The van der Waals surface area contributed by atoms with Gasteiger partial charge in [-0.15, -0.1) is 0 Å². The Morgan fingerprint density at radius 3 is 2.55 bits per heavy atom. The zero-order valence-electron chi connectivity index (χ0n) is 10.5. The first-order valence-electron chi connectivity index (χ1n) is 5.56. The second kappa shape index (κ2) is 5.75. The van der Waals surface area contributed by atoms with Gasteiger partial charge >= 0.3 is 12.1 Å². The Bertz CT molecular complexity index is 766. The number of hydrogen-bond donors (Lipinski definition) is 1. The molecule has 0 fully saturated rings. The zero-order chi connectivity index (χ0) is 16.5. The van der Waals surface area contributed by atoms with Crippen molar-refractivity contribution in [3.05, 3.63) is 34.0 Å². The van der Waals surface area contributed by atoms with Crippen LogP contribution in [-0.4, -0.2) is 31.7 Å². The van der Waals surface area contributed by atoms with E-state index in [2.05, 4.69) is 9.97 Å². The molecule has 1 N–H and O–H groups in total. The molecule has 0 aliphatic rings. The number of nitro benzene ring substituents is 1. The van der Waals surface area contributed by atoms with Crippen LogP contribution in [0.3, 0.4) is 0 Å². The fourth-order valence-corrected chi connectivity index (χ4v) is 2.28. The number of thioether (sulfide) groups is 1. The van der Waals surface area contributed by atoms with Crippen LogP contribution in [0, 0.1) is 10.1 Å². The first-order chi connectivity index (χ1) is 10.2. The molecule has 2 rings (SSSR count). The molecule has 0 spiro atoms. The van der Waals surface area contributed by atoms with Gasteiger partial charge in [-0.3, -0.25) is 14.9 Å². The lowest BCUT2D eigenvalue weighted by molar-refractivity contribution is -0.384. The van der Waals surface area contributed by atoms with E-state index in [9.17, 15) is 28.1 Å². The number of carbonyl (C=O) groups is 1. The van der Waals surface area contributed by atoms with Gasteiger partial charge in [0, 0.05) is 12.1 Å². The van der Waals surface area contributed by atoms with Gasteiger partial charge < -0.3 is 5.11 Å². The third kappa shape index (κ3) is 3.42. The lowest BCUT2D eigenvalue weighted by atomic mass is 10.2. The SMILES string of the molecule is O=C(O)CSc1nc2ccc([N+](=O)[O-])cc2nc1C(F)(F)F. The van der Waals surface area contributed by atoms with E-state index < -0.39 is 39.2 Å². The van der Waals surface area contributed by atoms with Crippen molar-refractivity contribution in [2.24, 2.45) is 0 Å². The molecule has 0 atom stereocenters. The molecule has 2 aromatic rings. The Morgan fingerprint density at radius 2 is 2.00 bits per heavy atom. The fourth-order valence-electron chi connectivity index (χ4n) is 1.56. The number of hydrogen-bond acceptors (Lipinski definition) is 6. The molecule has 0 saturated carbocycles. The minimum Gasteiger partial charge on any atom is -0.481 e. The number of carboxylic acid groups (broad SMARTS) is 1. The average Bonchev–Trinajstić information content (AvgIpc) is 2.42. The molecule has 0 aliphatic carbocycles. The van der Waals surface area contributed by atoms with E-state index in [1.54, 1.807) is 0 Å². The van der Waals surface area contributed by atoms with Crippen molar-refractivity contribution in [2.75, 3.05) is 5.75 Å². The van der Waals surface area contributed by atoms with E-state index in [4.69, 9.17) is 5.11 Å². The lowest BCUT2D eigenvalue weighted by Gasteiger charge is -2.11. The number of aromatic nitrogens is 2. The van der Waals surface area contributed by atoms with Gasteiger partial charge in [-0.05, 0) is 6.07 Å². The predicted octanol–water partition coefficient (Wildman–Crippen LogP) is 2.73. The van der Waals surface area contributed by atoms with E-state index in [1.165, 1.54) is 0 Å². The number of halogens is 3. The molecule has 1 aromatic carbocycles. The number of aliphatic carboxylic acids is 1. The minimum atomic E-state index is -4.85. The number of carboxylic acids is 1. The Morgan fingerprint density at radius 1 is 1.32 bits per heavy atom. The summed E-state index contributed by atoms with van der Waals surface area (Å²) in [5.41, 5.74) is -2.07. The molecule has 0 radical (unpaired) electrons. The maximum absolute atomic E-state index is 13.0. The van der Waals surface area contributed by atoms with Gasteiger partial charge in [0.15, 0.2) is 5.69 Å². The first kappa shape index (κ1) is 15.9. The molecular formula is C11H6F3N3O4S. The normalized spacial score (nSPS) is 11.6. The van der Waals surface area contributed by atoms with Crippen LogP contribution in [0.25, 0.3) is 11.0 Å². The largest absolute Gasteiger partial charge is 0.481 e. The highest BCUT2D eigenvalue weighted by Crippen LogP contribution is 2.35. The first-order valence-corrected chi connectivity index (χ1v) is 6.55. The molecule has 1 aromatic heterocycles. The Hall–Kier alpha value is -2.43. The standard InChI is InChI=1S/C11H6F3N3O4S/c12-11(13,14)9-10(22-4-8(18)19)16-6-2-1-5(17(20)21)3-7(6)15-9/h1-3H,4H2,(H,18,19). The van der Waals surface area contributed by atoms with Gasteiger partial charge in [-0.25, -0.2) is 9.97 Å². The zero-order valence-corrected chi connectivity index (χ0v) is 11.3. The number of nitro groups is 1. The van der Waals surface area contributed by atoms with Gasteiger partial charge in [0.25, 0.3) is 5.69 Å². The summed E-state index contributed by atoms with van der Waals surface area (Å²) in [6, 6.07) is 3.12. The molecule has 116 valence electrons. The summed E-state index contributed by atoms with van der Waals surface area (Å²) in [4.78, 5) is 27.4. The van der Waals surface area contributed by atoms with Gasteiger partial charge in [-0.1, -0.05) is 11.8 Å². The smallest absolute Gasteiger partial charge is 0.436 e. The van der Waals surface area contributed by atoms with Crippen LogP contribution in [0.4, 0.5) is 18.9 Å². The lowest BCUT2D eigenvalue weighted by Crippen LogP contribution is -2.12. The molecule has 1 heterocycles. The van der Waals surface area contributed by atoms with E-state index >= 15 is 0 Å². The highest BCUT2D eigenvalue weighted by molar-refractivity contribution is 7.99. The molecule has 0 amide bonds. The maximum atomic E-state index is 13.0. The van der Waals surface area contributed by atoms with Crippen LogP contribution in [0.15, 0.2) is 23.2 Å². The van der Waals surface area contributed by atoms with Crippen molar-refractivity contribution >= 4 is 34.5 Å². The third-order valence-corrected chi connectivity index (χ3v) is 3.38. The molecule has 0 saturated heterocycles. The van der Waals surface area contributed by atoms with Gasteiger partial charge in [-0.2, -0.15) is 13.2 Å². The molecule has 0 aliphatic heterocycles. The van der Waals surface area contributed by atoms with Crippen LogP contribution >= 0.6 is 11.8 Å². The summed E-state index contributed by atoms with van der Waals surface area (Å²) in [5, 5.41) is 18.6. The van der Waals surface area contributed by atoms with Gasteiger partial charge in [0.05, 0.1) is 21.7 Å². The summed E-state index contributed by atoms with van der Waals surface area (Å²) in [5.74, 6) is -1.92. The molecule has 0 bridgehead atoms. The Balaban J connectivity index is 2.60. The minimum absolute atomic E-state index is 0.00601. The van der Waals surface area contributed by atoms with Crippen LogP contribution in [-0.2, 0) is 11.0 Å². The Labute approximate surface area is 124 Å². The van der Waals surface area contributed by atoms with Gasteiger partial charge in [0.1, 0.15) is 5.03 Å². The van der Waals surface area contributed by atoms with Gasteiger partial charge in [0.2, 0.25) is 0 Å². The van der Waals surface area contributed by atoms with E-state index in [1.807, 2.05) is 0 Å². The number of rotatable bonds is 4. The monoisotopic (exact) mass is 333 g/mol. The van der Waals surface area contributed by atoms with E-state index in [0.717, 1.165) is 18.2 Å². The third-order valence-electron chi connectivity index (χ3n) is 2.43. The number of alkyl halides is 3. The van der Waals surface area contributed by atoms with Crippen molar-refractivity contribution in [3.8, 4) is 0 Å². The molecular weight excluding hydrogens is 327 g/mol. The van der Waals surface area contributed by atoms with Crippen LogP contribution < -0.4 is 0 Å². The second-order valence-corrected chi connectivity index (χ2v) is 4.95. The predicted molar refractivity (Wildman–Crippen MR) is 69.6 cm³/mol. The van der Waals surface area contributed by atoms with Crippen molar-refractivity contribution in [2.45, 2.75) is 11.2 Å². The quantitative estimate of drug-likeness (QED) is 0.521. The highest BCUT2D eigenvalue weighted by atomic mass is 32.2. The molecule has 7 nitrogen and oxygen atoms in total. The summed E-state index contributed by atoms with van der Waals surface area (Å²) < 4.78 is 38.9. The van der Waals surface area contributed by atoms with Crippen molar-refractivity contribution in [3.63, 3.8) is 0 Å². The molecule has 11 heteroatoms. The number of non-ortho nitro benzene ring substituents is 1. The summed E-state index contributed by atoms with van der Waals surface area (Å²) in [6.07, 6.45) is -4.85. The fraction of sp³-hybridized carbons (Fsp3) is 0.182. The second-order valence-electron chi connectivity index (χ2n) is 3.99. The van der Waals surface area contributed by atoms with Crippen LogP contribution in [0.1, 0.15) is 5.69 Å². The van der Waals surface area contributed by atoms with E-state index in [-0.39, 0.29) is 11.0 Å². The number of nitrogens with zero attached hydrogens (tertiary/aromatic N) is 3. The highest BCUT2D eigenvalue weighted by Gasteiger charge is 2.37. The van der Waals surface area contributed by atoms with E-state index in [0.29, 0.717) is 11.8 Å². The van der Waals surface area contributed by atoms with Crippen molar-refractivity contribution in [1.29, 1.82) is 0 Å². The topological polar surface area (TPSA) is 106 Å². The number of fused-ring (bicyclic) bond motifs is 1. The number of benzene rings is 1. The molecule has 22 heavy (non-hydrogen) atoms. The summed E-state index contributed by atoms with van der Waals surface area (Å²) in [6.45, 7) is 0. The maximum Gasteiger partial charge on any atom is 0.436 e. The van der Waals surface area contributed by atoms with Crippen LogP contribution in [0.5, 0.6) is 0 Å². The average molecular weight is 333 g/mol. The summed E-state index contributed by atoms with van der Waals surface area (Å²) in [7, 11) is 0. The molecule has 0 unspecified atom stereocenters.